The summed E-state index contributed by atoms with van der Waals surface area (Å²) in [7, 11) is 0. The van der Waals surface area contributed by atoms with Gasteiger partial charge >= 0.3 is 0 Å². The van der Waals surface area contributed by atoms with Gasteiger partial charge < -0.3 is 9.88 Å². The maximum absolute atomic E-state index is 6.38. The molecule has 1 unspecified atom stereocenters. The van der Waals surface area contributed by atoms with Gasteiger partial charge in [0, 0.05) is 36.5 Å². The molecule has 0 amide bonds. The molecule has 1 aromatic heterocycles. The molecule has 1 saturated heterocycles. The van der Waals surface area contributed by atoms with Gasteiger partial charge in [-0.25, -0.2) is 4.98 Å². The maximum Gasteiger partial charge on any atom is 0.122 e. The maximum atomic E-state index is 6.38. The van der Waals surface area contributed by atoms with Crippen LogP contribution in [0.2, 0.25) is 5.02 Å². The summed E-state index contributed by atoms with van der Waals surface area (Å²) < 4.78 is 2.26. The van der Waals surface area contributed by atoms with Crippen LogP contribution < -0.4 is 5.32 Å². The lowest BCUT2D eigenvalue weighted by Gasteiger charge is -2.29. The summed E-state index contributed by atoms with van der Waals surface area (Å²) in [5.41, 5.74) is 2.96. The van der Waals surface area contributed by atoms with Crippen molar-refractivity contribution in [1.29, 1.82) is 0 Å². The molecular formula is C21H30Cl2N4. The molecule has 4 rings (SSSR count). The van der Waals surface area contributed by atoms with Crippen molar-refractivity contribution in [2.24, 2.45) is 5.41 Å². The molecule has 1 spiro atoms. The van der Waals surface area contributed by atoms with Crippen LogP contribution in [0.25, 0.3) is 0 Å². The van der Waals surface area contributed by atoms with E-state index in [9.17, 15) is 0 Å². The van der Waals surface area contributed by atoms with Gasteiger partial charge in [-0.2, -0.15) is 0 Å². The number of benzene rings is 1. The number of aryl methyl sites for hydroxylation is 2. The van der Waals surface area contributed by atoms with Crippen molar-refractivity contribution in [3.63, 3.8) is 0 Å². The molecule has 2 aliphatic rings. The first-order valence-corrected chi connectivity index (χ1v) is 10.2. The normalized spacial score (nSPS) is 20.7. The predicted molar refractivity (Wildman–Crippen MR) is 114 cm³/mol. The van der Waals surface area contributed by atoms with Crippen molar-refractivity contribution >= 4 is 24.0 Å². The van der Waals surface area contributed by atoms with Crippen LogP contribution in [0.1, 0.15) is 43.1 Å². The minimum atomic E-state index is 0. The summed E-state index contributed by atoms with van der Waals surface area (Å²) in [6.45, 7) is 9.38. The Morgan fingerprint density at radius 1 is 1.30 bits per heavy atom. The average Bonchev–Trinajstić information content (AvgIpc) is 3.13. The largest absolute Gasteiger partial charge is 0.334 e. The minimum absolute atomic E-state index is 0. The van der Waals surface area contributed by atoms with E-state index in [2.05, 4.69) is 58.0 Å². The predicted octanol–water partition coefficient (Wildman–Crippen LogP) is 4.43. The van der Waals surface area contributed by atoms with Gasteiger partial charge in [-0.15, -0.1) is 12.4 Å². The molecule has 1 aromatic carbocycles. The number of nitrogens with zero attached hydrogens (tertiary/aromatic N) is 3. The van der Waals surface area contributed by atoms with E-state index in [0.29, 0.717) is 11.5 Å². The molecule has 1 atom stereocenters. The Hall–Kier alpha value is -1.07. The van der Waals surface area contributed by atoms with Crippen LogP contribution in [0.5, 0.6) is 0 Å². The number of hydrogen-bond acceptors (Lipinski definition) is 3. The van der Waals surface area contributed by atoms with Crippen molar-refractivity contribution < 1.29 is 0 Å². The van der Waals surface area contributed by atoms with Gasteiger partial charge in [0.1, 0.15) is 5.82 Å². The first-order valence-electron chi connectivity index (χ1n) is 9.81. The summed E-state index contributed by atoms with van der Waals surface area (Å²) in [6, 6.07) is 7.15. The second kappa shape index (κ2) is 8.52. The zero-order valence-corrected chi connectivity index (χ0v) is 17.8. The van der Waals surface area contributed by atoms with Crippen LogP contribution in [0.3, 0.4) is 0 Å². The Bertz CT molecular complexity index is 767. The number of halogens is 2. The minimum Gasteiger partial charge on any atom is -0.334 e. The monoisotopic (exact) mass is 408 g/mol. The quantitative estimate of drug-likeness (QED) is 0.766. The SMILES string of the molecule is CCn1ccnc1CN(Cc1ccc(C)c(Cl)c1)C1CC12CCNCC2.Cl. The Balaban J connectivity index is 0.00000210. The van der Waals surface area contributed by atoms with Gasteiger partial charge in [0.05, 0.1) is 6.54 Å². The Morgan fingerprint density at radius 2 is 2.07 bits per heavy atom. The molecule has 4 nitrogen and oxygen atoms in total. The van der Waals surface area contributed by atoms with Gasteiger partial charge in [0.2, 0.25) is 0 Å². The molecule has 0 bridgehead atoms. The van der Waals surface area contributed by atoms with Gasteiger partial charge in [0.15, 0.2) is 0 Å². The van der Waals surface area contributed by atoms with E-state index < -0.39 is 0 Å². The molecule has 6 heteroatoms. The van der Waals surface area contributed by atoms with Gasteiger partial charge in [-0.3, -0.25) is 4.90 Å². The Labute approximate surface area is 173 Å². The molecule has 1 aliphatic carbocycles. The number of aromatic nitrogens is 2. The fraction of sp³-hybridized carbons (Fsp3) is 0.571. The smallest absolute Gasteiger partial charge is 0.122 e. The Morgan fingerprint density at radius 3 is 2.78 bits per heavy atom. The summed E-state index contributed by atoms with van der Waals surface area (Å²) in [5.74, 6) is 1.17. The highest BCUT2D eigenvalue weighted by molar-refractivity contribution is 6.31. The second-order valence-corrected chi connectivity index (χ2v) is 8.36. The molecule has 1 saturated carbocycles. The van der Waals surface area contributed by atoms with Crippen LogP contribution in [0.15, 0.2) is 30.6 Å². The van der Waals surface area contributed by atoms with Gasteiger partial charge in [-0.05, 0) is 68.8 Å². The van der Waals surface area contributed by atoms with Crippen molar-refractivity contribution in [2.45, 2.75) is 58.8 Å². The van der Waals surface area contributed by atoms with E-state index in [4.69, 9.17) is 11.6 Å². The molecule has 2 heterocycles. The lowest BCUT2D eigenvalue weighted by atomic mass is 9.93. The van der Waals surface area contributed by atoms with Crippen LogP contribution >= 0.6 is 24.0 Å². The van der Waals surface area contributed by atoms with E-state index in [1.807, 2.05) is 6.20 Å². The van der Waals surface area contributed by atoms with Crippen LogP contribution in [-0.2, 0) is 19.6 Å². The molecule has 27 heavy (non-hydrogen) atoms. The summed E-state index contributed by atoms with van der Waals surface area (Å²) in [6.07, 6.45) is 7.92. The van der Waals surface area contributed by atoms with Gasteiger partial charge in [0.25, 0.3) is 0 Å². The first-order chi connectivity index (χ1) is 12.6. The van der Waals surface area contributed by atoms with E-state index in [-0.39, 0.29) is 12.4 Å². The highest BCUT2D eigenvalue weighted by Gasteiger charge is 2.56. The lowest BCUT2D eigenvalue weighted by Crippen LogP contribution is -2.36. The lowest BCUT2D eigenvalue weighted by molar-refractivity contribution is 0.182. The van der Waals surface area contributed by atoms with Crippen molar-refractivity contribution in [3.05, 3.63) is 52.6 Å². The van der Waals surface area contributed by atoms with Crippen molar-refractivity contribution in [3.8, 4) is 0 Å². The topological polar surface area (TPSA) is 33.1 Å². The van der Waals surface area contributed by atoms with E-state index in [1.54, 1.807) is 0 Å². The third-order valence-corrected chi connectivity index (χ3v) is 6.70. The van der Waals surface area contributed by atoms with Crippen molar-refractivity contribution in [1.82, 2.24) is 19.8 Å². The van der Waals surface area contributed by atoms with Crippen LogP contribution in [0.4, 0.5) is 0 Å². The van der Waals surface area contributed by atoms with Crippen molar-refractivity contribution in [2.75, 3.05) is 13.1 Å². The molecule has 1 aliphatic heterocycles. The zero-order chi connectivity index (χ0) is 18.1. The van der Waals surface area contributed by atoms with E-state index in [0.717, 1.165) is 43.3 Å². The number of rotatable bonds is 6. The number of imidazole rings is 1. The third-order valence-electron chi connectivity index (χ3n) is 6.30. The number of nitrogens with one attached hydrogen (secondary N) is 1. The third kappa shape index (κ3) is 4.34. The molecule has 1 N–H and O–H groups in total. The first kappa shape index (κ1) is 20.7. The fourth-order valence-electron chi connectivity index (χ4n) is 4.51. The highest BCUT2D eigenvalue weighted by Crippen LogP contribution is 2.56. The fourth-order valence-corrected chi connectivity index (χ4v) is 4.71. The standard InChI is InChI=1S/C21H29ClN4.ClH/c1-3-25-11-10-24-20(25)15-26(14-17-5-4-16(2)18(22)12-17)19-13-21(19)6-8-23-9-7-21;/h4-5,10-12,19,23H,3,6-9,13-15H2,1-2H3;1H. The summed E-state index contributed by atoms with van der Waals surface area (Å²) in [4.78, 5) is 7.27. The second-order valence-electron chi connectivity index (χ2n) is 7.95. The average molecular weight is 409 g/mol. The Kier molecular flexibility index (Phi) is 6.52. The number of hydrogen-bond donors (Lipinski definition) is 1. The van der Waals surface area contributed by atoms with E-state index >= 15 is 0 Å². The van der Waals surface area contributed by atoms with Crippen LogP contribution in [0, 0.1) is 12.3 Å². The van der Waals surface area contributed by atoms with Crippen LogP contribution in [-0.4, -0.2) is 33.6 Å². The number of piperidine rings is 1. The molecule has 0 radical (unpaired) electrons. The summed E-state index contributed by atoms with van der Waals surface area (Å²) in [5, 5.41) is 4.38. The molecular weight excluding hydrogens is 379 g/mol. The highest BCUT2D eigenvalue weighted by atomic mass is 35.5. The van der Waals surface area contributed by atoms with E-state index in [1.165, 1.54) is 30.7 Å². The molecule has 2 fully saturated rings. The van der Waals surface area contributed by atoms with Gasteiger partial charge in [-0.1, -0.05) is 23.7 Å². The zero-order valence-electron chi connectivity index (χ0n) is 16.2. The molecule has 2 aromatic rings. The summed E-state index contributed by atoms with van der Waals surface area (Å²) >= 11 is 6.38. The molecule has 148 valence electrons.